The number of aliphatic carboxylic acids is 3. The van der Waals surface area contributed by atoms with Gasteiger partial charge in [0, 0.05) is 28.6 Å². The highest BCUT2D eigenvalue weighted by atomic mass is 19.1. The largest absolute Gasteiger partial charge is 0.505 e. The number of para-hydroxylation sites is 2. The molecule has 1 aliphatic heterocycles. The average molecular weight is 666 g/mol. The molecule has 48 heavy (non-hydrogen) atoms. The zero-order valence-electron chi connectivity index (χ0n) is 24.6. The average Bonchev–Trinajstić information content (AvgIpc) is 3.02. The predicted octanol–water partition coefficient (Wildman–Crippen LogP) is 4.45. The third kappa shape index (κ3) is 7.36. The van der Waals surface area contributed by atoms with E-state index in [0.717, 1.165) is 29.2 Å². The highest BCUT2D eigenvalue weighted by Gasteiger charge is 2.24. The molecule has 0 atom stereocenters. The van der Waals surface area contributed by atoms with Crippen molar-refractivity contribution < 1.29 is 62.2 Å². The lowest BCUT2D eigenvalue weighted by molar-refractivity contribution is -0.139. The van der Waals surface area contributed by atoms with Crippen LogP contribution >= 0.6 is 0 Å². The second-order valence-electron chi connectivity index (χ2n) is 10.2. The van der Waals surface area contributed by atoms with Crippen molar-refractivity contribution >= 4 is 34.6 Å². The molecule has 0 unspecified atom stereocenters. The van der Waals surface area contributed by atoms with E-state index in [4.69, 9.17) is 23.7 Å². The van der Waals surface area contributed by atoms with Crippen LogP contribution in [0.15, 0.2) is 75.9 Å². The summed E-state index contributed by atoms with van der Waals surface area (Å²) in [5.74, 6) is -6.54. The first kappa shape index (κ1) is 33.0. The minimum absolute atomic E-state index is 0.0415. The standard InChI is InChI=1S/C33H25F2NO12/c34-20-10-18-27(12-23(20)37)48-28-13-24(38)21(35)11-19(28)33(18)17-5-6-22(36(14-30(39)40)15-31(41)42)29(9-17)46-8-7-45-25-3-1-2-4-26(25)47-16-32(43)44/h1-6,9-13,37H,7-8,14-16H2,(H,39,40)(H,41,42)(H,43,44). The minimum Gasteiger partial charge on any atom is -0.505 e. The Hall–Kier alpha value is -6.38. The molecule has 248 valence electrons. The molecule has 4 N–H and O–H groups in total. The number of carboxylic acids is 3. The summed E-state index contributed by atoms with van der Waals surface area (Å²) in [5.41, 5.74) is -0.539. The van der Waals surface area contributed by atoms with Crippen molar-refractivity contribution in [2.24, 2.45) is 0 Å². The zero-order chi connectivity index (χ0) is 34.5. The summed E-state index contributed by atoms with van der Waals surface area (Å²) < 4.78 is 51.8. The van der Waals surface area contributed by atoms with Crippen molar-refractivity contribution in [1.82, 2.24) is 0 Å². The number of carbonyl (C=O) groups is 3. The Labute approximate surface area is 268 Å². The predicted molar refractivity (Wildman–Crippen MR) is 164 cm³/mol. The van der Waals surface area contributed by atoms with Crippen molar-refractivity contribution in [3.63, 3.8) is 0 Å². The number of anilines is 1. The molecule has 0 saturated carbocycles. The van der Waals surface area contributed by atoms with Crippen LogP contribution in [0, 0.1) is 11.6 Å². The number of ether oxygens (including phenoxy) is 3. The molecule has 15 heteroatoms. The van der Waals surface area contributed by atoms with E-state index >= 15 is 0 Å². The maximum Gasteiger partial charge on any atom is 0.341 e. The second kappa shape index (κ2) is 13.9. The SMILES string of the molecule is O=C(O)COc1ccccc1OCCOc1cc(-c2c3cc(F)c(=O)cc-3oc3cc(O)c(F)cc23)ccc1N(CC(=O)O)CC(=O)O. The van der Waals surface area contributed by atoms with Crippen LogP contribution in [0.5, 0.6) is 23.0 Å². The number of hydrogen-bond donors (Lipinski definition) is 4. The molecule has 0 aromatic heterocycles. The molecule has 1 aliphatic carbocycles. The lowest BCUT2D eigenvalue weighted by Crippen LogP contribution is -2.34. The Morgan fingerprint density at radius 2 is 1.40 bits per heavy atom. The fourth-order valence-corrected chi connectivity index (χ4v) is 4.94. The first-order valence-electron chi connectivity index (χ1n) is 14.0. The molecule has 0 radical (unpaired) electrons. The van der Waals surface area contributed by atoms with Gasteiger partial charge in [0.15, 0.2) is 35.5 Å². The molecule has 0 bridgehead atoms. The summed E-state index contributed by atoms with van der Waals surface area (Å²) in [6.45, 7) is -2.43. The van der Waals surface area contributed by atoms with Gasteiger partial charge < -0.3 is 44.0 Å². The van der Waals surface area contributed by atoms with Gasteiger partial charge in [0.05, 0.1) is 5.69 Å². The van der Waals surface area contributed by atoms with Gasteiger partial charge in [-0.1, -0.05) is 18.2 Å². The second-order valence-corrected chi connectivity index (χ2v) is 10.2. The topological polar surface area (TPSA) is 193 Å². The van der Waals surface area contributed by atoms with E-state index in [1.165, 1.54) is 30.3 Å². The van der Waals surface area contributed by atoms with Crippen LogP contribution in [-0.2, 0) is 14.4 Å². The van der Waals surface area contributed by atoms with Crippen LogP contribution in [-0.4, -0.2) is 71.2 Å². The number of aromatic hydroxyl groups is 1. The van der Waals surface area contributed by atoms with Gasteiger partial charge in [0.1, 0.15) is 43.4 Å². The molecular formula is C33H25F2NO12. The first-order valence-corrected chi connectivity index (χ1v) is 14.0. The van der Waals surface area contributed by atoms with Gasteiger partial charge >= 0.3 is 17.9 Å². The molecule has 1 heterocycles. The summed E-state index contributed by atoms with van der Waals surface area (Å²) >= 11 is 0. The first-order chi connectivity index (χ1) is 22.9. The van der Waals surface area contributed by atoms with Crippen LogP contribution in [0.3, 0.4) is 0 Å². The number of phenols is 1. The number of nitrogens with zero attached hydrogens (tertiary/aromatic N) is 1. The Kier molecular flexibility index (Phi) is 9.59. The molecule has 3 aromatic carbocycles. The van der Waals surface area contributed by atoms with E-state index in [1.54, 1.807) is 12.1 Å². The minimum atomic E-state index is -1.34. The van der Waals surface area contributed by atoms with E-state index in [-0.39, 0.29) is 69.6 Å². The maximum absolute atomic E-state index is 14.6. The molecular weight excluding hydrogens is 640 g/mol. The van der Waals surface area contributed by atoms with Crippen LogP contribution in [0.2, 0.25) is 0 Å². The molecule has 0 spiro atoms. The molecule has 13 nitrogen and oxygen atoms in total. The van der Waals surface area contributed by atoms with Crippen molar-refractivity contribution in [3.05, 3.63) is 88.6 Å². The summed E-state index contributed by atoms with van der Waals surface area (Å²) in [6.07, 6.45) is 0. The third-order valence-corrected chi connectivity index (χ3v) is 6.88. The lowest BCUT2D eigenvalue weighted by Gasteiger charge is -2.25. The quantitative estimate of drug-likeness (QED) is 0.0962. The lowest BCUT2D eigenvalue weighted by atomic mass is 9.93. The van der Waals surface area contributed by atoms with Gasteiger partial charge in [-0.25, -0.2) is 13.6 Å². The van der Waals surface area contributed by atoms with Crippen molar-refractivity contribution in [2.45, 2.75) is 0 Å². The highest BCUT2D eigenvalue weighted by molar-refractivity contribution is 6.02. The number of benzene rings is 4. The Morgan fingerprint density at radius 3 is 2.04 bits per heavy atom. The van der Waals surface area contributed by atoms with Crippen molar-refractivity contribution in [1.29, 1.82) is 0 Å². The molecule has 3 aromatic rings. The van der Waals surface area contributed by atoms with Crippen LogP contribution in [0.4, 0.5) is 14.5 Å². The molecule has 0 saturated heterocycles. The van der Waals surface area contributed by atoms with Gasteiger partial charge in [0.2, 0.25) is 5.43 Å². The Balaban J connectivity index is 1.58. The number of hydrogen-bond acceptors (Lipinski definition) is 10. The van der Waals surface area contributed by atoms with Gasteiger partial charge in [-0.05, 0) is 42.0 Å². The van der Waals surface area contributed by atoms with Crippen molar-refractivity contribution in [3.8, 4) is 45.4 Å². The van der Waals surface area contributed by atoms with Crippen LogP contribution < -0.4 is 24.5 Å². The van der Waals surface area contributed by atoms with E-state index < -0.39 is 60.4 Å². The summed E-state index contributed by atoms with van der Waals surface area (Å²) in [5, 5.41) is 38.0. The maximum atomic E-state index is 14.6. The summed E-state index contributed by atoms with van der Waals surface area (Å²) in [4.78, 5) is 47.4. The fourth-order valence-electron chi connectivity index (χ4n) is 4.94. The number of rotatable bonds is 14. The normalized spacial score (nSPS) is 11.0. The van der Waals surface area contributed by atoms with E-state index in [9.17, 15) is 43.3 Å². The van der Waals surface area contributed by atoms with Crippen molar-refractivity contribution in [2.75, 3.05) is 37.8 Å². The fraction of sp³-hybridized carbons (Fsp3) is 0.152. The molecule has 2 aliphatic rings. The monoisotopic (exact) mass is 665 g/mol. The third-order valence-electron chi connectivity index (χ3n) is 6.88. The van der Waals surface area contributed by atoms with E-state index in [0.29, 0.717) is 0 Å². The van der Waals surface area contributed by atoms with E-state index in [2.05, 4.69) is 0 Å². The van der Waals surface area contributed by atoms with Crippen LogP contribution in [0.25, 0.3) is 33.4 Å². The zero-order valence-corrected chi connectivity index (χ0v) is 24.6. The Morgan fingerprint density at radius 1 is 0.750 bits per heavy atom. The molecule has 0 fully saturated rings. The van der Waals surface area contributed by atoms with Gasteiger partial charge in [-0.3, -0.25) is 14.4 Å². The smallest absolute Gasteiger partial charge is 0.341 e. The number of fused-ring (bicyclic) bond motifs is 2. The Bertz CT molecular complexity index is 2050. The number of phenolic OH excluding ortho intramolecular Hbond substituents is 1. The summed E-state index contributed by atoms with van der Waals surface area (Å²) in [6, 6.07) is 14.2. The van der Waals surface area contributed by atoms with Crippen LogP contribution in [0.1, 0.15) is 0 Å². The molecule has 0 amide bonds. The summed E-state index contributed by atoms with van der Waals surface area (Å²) in [7, 11) is 0. The van der Waals surface area contributed by atoms with E-state index in [1.807, 2.05) is 0 Å². The molecule has 5 rings (SSSR count). The van der Waals surface area contributed by atoms with Gasteiger partial charge in [0.25, 0.3) is 0 Å². The highest BCUT2D eigenvalue weighted by Crippen LogP contribution is 2.44. The number of carboxylic acid groups (broad SMARTS) is 3. The van der Waals surface area contributed by atoms with Gasteiger partial charge in [-0.2, -0.15) is 0 Å². The van der Waals surface area contributed by atoms with Gasteiger partial charge in [-0.15, -0.1) is 0 Å². The number of halogens is 2.